The van der Waals surface area contributed by atoms with Crippen LogP contribution in [0.1, 0.15) is 46.7 Å². The maximum Gasteiger partial charge on any atom is 0.146 e. The van der Waals surface area contributed by atoms with Crippen molar-refractivity contribution in [3.63, 3.8) is 0 Å². The maximum absolute atomic E-state index is 5.17. The van der Waals surface area contributed by atoms with Gasteiger partial charge >= 0.3 is 0 Å². The van der Waals surface area contributed by atoms with Gasteiger partial charge in [-0.05, 0) is 58.2 Å². The first kappa shape index (κ1) is 22.2. The third-order valence-electron chi connectivity index (χ3n) is 7.02. The molecule has 3 aromatic rings. The second kappa shape index (κ2) is 9.33. The van der Waals surface area contributed by atoms with Crippen molar-refractivity contribution in [1.29, 1.82) is 0 Å². The van der Waals surface area contributed by atoms with Gasteiger partial charge in [0.15, 0.2) is 0 Å². The number of piperazine rings is 1. The molecule has 0 amide bonds. The summed E-state index contributed by atoms with van der Waals surface area (Å²) in [5.74, 6) is 2.99. The summed E-state index contributed by atoms with van der Waals surface area (Å²) in [6, 6.07) is 0. The molecule has 6 nitrogen and oxygen atoms in total. The number of thiophene rings is 1. The number of piperidine rings is 1. The van der Waals surface area contributed by atoms with Crippen molar-refractivity contribution in [2.24, 2.45) is 5.92 Å². The molecule has 3 aromatic heterocycles. The molecule has 0 atom stereocenters. The number of thiazole rings is 1. The molecule has 2 aliphatic rings. The van der Waals surface area contributed by atoms with Crippen LogP contribution in [0.2, 0.25) is 0 Å². The van der Waals surface area contributed by atoms with Gasteiger partial charge in [0.25, 0.3) is 0 Å². The Bertz CT molecular complexity index is 1070. The molecule has 0 unspecified atom stereocenters. The SMILES string of the molecule is Cc1nc(CN2CCN(c3nc(CN4CCC(C)CC4)nc4sc(C)c(C)c34)CC2)cs1. The molecule has 0 bridgehead atoms. The molecule has 32 heavy (non-hydrogen) atoms. The molecule has 172 valence electrons. The number of hydrogen-bond donors (Lipinski definition) is 0. The largest absolute Gasteiger partial charge is 0.353 e. The van der Waals surface area contributed by atoms with Crippen LogP contribution >= 0.6 is 22.7 Å². The van der Waals surface area contributed by atoms with Gasteiger partial charge in [-0.15, -0.1) is 22.7 Å². The fraction of sp³-hybridized carbons (Fsp3) is 0.625. The molecule has 2 saturated heterocycles. The van der Waals surface area contributed by atoms with E-state index in [-0.39, 0.29) is 0 Å². The zero-order valence-electron chi connectivity index (χ0n) is 19.7. The van der Waals surface area contributed by atoms with E-state index in [9.17, 15) is 0 Å². The van der Waals surface area contributed by atoms with Crippen molar-refractivity contribution in [2.75, 3.05) is 44.2 Å². The lowest BCUT2D eigenvalue weighted by Gasteiger charge is -2.35. The highest BCUT2D eigenvalue weighted by atomic mass is 32.1. The lowest BCUT2D eigenvalue weighted by atomic mass is 9.99. The van der Waals surface area contributed by atoms with Gasteiger partial charge in [0.05, 0.1) is 22.6 Å². The number of aromatic nitrogens is 3. The fourth-order valence-electron chi connectivity index (χ4n) is 4.82. The van der Waals surface area contributed by atoms with Crippen molar-refractivity contribution in [1.82, 2.24) is 24.8 Å². The Morgan fingerprint density at radius 1 is 0.906 bits per heavy atom. The minimum absolute atomic E-state index is 0.845. The smallest absolute Gasteiger partial charge is 0.146 e. The Labute approximate surface area is 199 Å². The standard InChI is InChI=1S/C24H34N6S2/c1-16-5-7-28(8-6-16)14-21-26-23(22-17(2)18(3)32-24(22)27-21)30-11-9-29(10-12-30)13-20-15-31-19(4)25-20/h15-16H,5-14H2,1-4H3. The van der Waals surface area contributed by atoms with Gasteiger partial charge in [-0.25, -0.2) is 15.0 Å². The predicted molar refractivity (Wildman–Crippen MR) is 135 cm³/mol. The average molecular weight is 471 g/mol. The molecule has 8 heteroatoms. The lowest BCUT2D eigenvalue weighted by molar-refractivity contribution is 0.181. The molecule has 0 spiro atoms. The topological polar surface area (TPSA) is 48.4 Å². The summed E-state index contributed by atoms with van der Waals surface area (Å²) in [7, 11) is 0. The number of fused-ring (bicyclic) bond motifs is 1. The normalized spacial score (nSPS) is 19.3. The third-order valence-corrected chi connectivity index (χ3v) is 8.94. The van der Waals surface area contributed by atoms with Crippen molar-refractivity contribution in [3.8, 4) is 0 Å². The van der Waals surface area contributed by atoms with Gasteiger partial charge < -0.3 is 4.90 Å². The van der Waals surface area contributed by atoms with Gasteiger partial charge in [0, 0.05) is 43.0 Å². The van der Waals surface area contributed by atoms with Crippen LogP contribution in [-0.2, 0) is 13.1 Å². The Balaban J connectivity index is 1.35. The molecular formula is C24H34N6S2. The van der Waals surface area contributed by atoms with Crippen molar-refractivity contribution < 1.29 is 0 Å². The second-order valence-electron chi connectivity index (χ2n) is 9.51. The highest BCUT2D eigenvalue weighted by Crippen LogP contribution is 2.35. The van der Waals surface area contributed by atoms with E-state index in [2.05, 4.69) is 52.8 Å². The summed E-state index contributed by atoms with van der Waals surface area (Å²) >= 11 is 3.57. The van der Waals surface area contributed by atoms with E-state index in [1.165, 1.54) is 34.4 Å². The summed E-state index contributed by atoms with van der Waals surface area (Å²) in [5.41, 5.74) is 2.55. The molecule has 2 fully saturated rings. The number of hydrogen-bond acceptors (Lipinski definition) is 8. The van der Waals surface area contributed by atoms with E-state index in [1.807, 2.05) is 11.3 Å². The zero-order chi connectivity index (χ0) is 22.2. The van der Waals surface area contributed by atoms with Crippen molar-refractivity contribution in [2.45, 2.75) is 53.6 Å². The zero-order valence-corrected chi connectivity index (χ0v) is 21.4. The average Bonchev–Trinajstić information content (AvgIpc) is 3.32. The Kier molecular flexibility index (Phi) is 6.47. The lowest BCUT2D eigenvalue weighted by Crippen LogP contribution is -2.46. The van der Waals surface area contributed by atoms with Crippen LogP contribution in [0.4, 0.5) is 5.82 Å². The molecular weight excluding hydrogens is 436 g/mol. The molecule has 5 rings (SSSR count). The van der Waals surface area contributed by atoms with Gasteiger partial charge in [0.1, 0.15) is 16.5 Å². The van der Waals surface area contributed by atoms with Crippen LogP contribution in [-0.4, -0.2) is 64.0 Å². The number of rotatable bonds is 5. The van der Waals surface area contributed by atoms with Crippen LogP contribution in [0.15, 0.2) is 5.38 Å². The molecule has 5 heterocycles. The fourth-order valence-corrected chi connectivity index (χ4v) is 6.47. The highest BCUT2D eigenvalue weighted by molar-refractivity contribution is 7.18. The monoisotopic (exact) mass is 470 g/mol. The van der Waals surface area contributed by atoms with Crippen molar-refractivity contribution in [3.05, 3.63) is 32.3 Å². The predicted octanol–water partition coefficient (Wildman–Crippen LogP) is 4.63. The maximum atomic E-state index is 5.17. The van der Waals surface area contributed by atoms with E-state index in [4.69, 9.17) is 9.97 Å². The van der Waals surface area contributed by atoms with E-state index in [1.54, 1.807) is 11.3 Å². The molecule has 0 N–H and O–H groups in total. The molecule has 0 aromatic carbocycles. The van der Waals surface area contributed by atoms with Gasteiger partial charge in [-0.3, -0.25) is 9.80 Å². The van der Waals surface area contributed by atoms with E-state index < -0.39 is 0 Å². The summed E-state index contributed by atoms with van der Waals surface area (Å²) in [6.07, 6.45) is 2.57. The number of aryl methyl sites for hydroxylation is 3. The first-order valence-corrected chi connectivity index (χ1v) is 13.5. The first-order valence-electron chi connectivity index (χ1n) is 11.8. The summed E-state index contributed by atoms with van der Waals surface area (Å²) in [5, 5.41) is 4.62. The van der Waals surface area contributed by atoms with Crippen LogP contribution in [0, 0.1) is 26.7 Å². The van der Waals surface area contributed by atoms with Gasteiger partial charge in [-0.1, -0.05) is 6.92 Å². The molecule has 0 saturated carbocycles. The van der Waals surface area contributed by atoms with Gasteiger partial charge in [0.2, 0.25) is 0 Å². The van der Waals surface area contributed by atoms with E-state index in [0.717, 1.165) is 79.8 Å². The summed E-state index contributed by atoms with van der Waals surface area (Å²) in [4.78, 5) is 24.9. The minimum atomic E-state index is 0.845. The molecule has 0 aliphatic carbocycles. The van der Waals surface area contributed by atoms with Crippen molar-refractivity contribution >= 4 is 38.7 Å². The Morgan fingerprint density at radius 2 is 1.62 bits per heavy atom. The molecule has 2 aliphatic heterocycles. The van der Waals surface area contributed by atoms with Crippen LogP contribution < -0.4 is 4.90 Å². The Morgan fingerprint density at radius 3 is 2.31 bits per heavy atom. The van der Waals surface area contributed by atoms with E-state index in [0.29, 0.717) is 0 Å². The summed E-state index contributed by atoms with van der Waals surface area (Å²) in [6.45, 7) is 17.1. The quantitative estimate of drug-likeness (QED) is 0.542. The minimum Gasteiger partial charge on any atom is -0.353 e. The third kappa shape index (κ3) is 4.69. The van der Waals surface area contributed by atoms with Gasteiger partial charge in [-0.2, -0.15) is 0 Å². The summed E-state index contributed by atoms with van der Waals surface area (Å²) < 4.78 is 0. The number of anilines is 1. The van der Waals surface area contributed by atoms with Crippen LogP contribution in [0.5, 0.6) is 0 Å². The number of likely N-dealkylation sites (tertiary alicyclic amines) is 1. The second-order valence-corrected chi connectivity index (χ2v) is 11.8. The Hall–Kier alpha value is -1.61. The first-order chi connectivity index (χ1) is 15.5. The highest BCUT2D eigenvalue weighted by Gasteiger charge is 2.25. The van der Waals surface area contributed by atoms with Crippen LogP contribution in [0.3, 0.4) is 0 Å². The van der Waals surface area contributed by atoms with E-state index >= 15 is 0 Å². The van der Waals surface area contributed by atoms with Crippen LogP contribution in [0.25, 0.3) is 10.2 Å². The number of nitrogens with zero attached hydrogens (tertiary/aromatic N) is 6. The molecule has 0 radical (unpaired) electrons.